The molecule has 0 saturated heterocycles. The number of hydrogen-bond donors (Lipinski definition) is 2. The second kappa shape index (κ2) is 11.9. The number of amides is 1. The zero-order valence-electron chi connectivity index (χ0n) is 19.8. The highest BCUT2D eigenvalue weighted by Crippen LogP contribution is 2.48. The molecule has 3 rings (SSSR count). The number of ether oxygens (including phenoxy) is 1. The van der Waals surface area contributed by atoms with Crippen molar-refractivity contribution in [3.05, 3.63) is 108 Å². The second-order valence-corrected chi connectivity index (χ2v) is 9.68. The number of nitrogens with two attached hydrogens (primary N) is 1. The van der Waals surface area contributed by atoms with E-state index in [0.29, 0.717) is 5.75 Å². The fraction of sp³-hybridized carbons (Fsp3) is 0.286. The standard InChI is InChI=1S/C28H32N2O3S/c1-20(2)25(27(32)33-3)30-26(31)24(29)19-34-28(21-13-7-4-8-14-21,22-15-9-5-10-16-22)23-17-11-6-12-18-23/h4-18,20,24-25H,19,29H2,1-3H3,(H,30,31). The first-order valence-electron chi connectivity index (χ1n) is 11.3. The van der Waals surface area contributed by atoms with Crippen LogP contribution in [-0.2, 0) is 19.1 Å². The van der Waals surface area contributed by atoms with Crippen LogP contribution < -0.4 is 11.1 Å². The van der Waals surface area contributed by atoms with Crippen molar-refractivity contribution in [1.29, 1.82) is 0 Å². The Morgan fingerprint density at radius 3 is 1.62 bits per heavy atom. The van der Waals surface area contributed by atoms with Crippen molar-refractivity contribution in [2.45, 2.75) is 30.7 Å². The molecule has 5 nitrogen and oxygen atoms in total. The normalized spacial score (nSPS) is 13.2. The Morgan fingerprint density at radius 2 is 1.26 bits per heavy atom. The van der Waals surface area contributed by atoms with E-state index in [2.05, 4.69) is 41.7 Å². The van der Waals surface area contributed by atoms with Crippen LogP contribution in [0.2, 0.25) is 0 Å². The number of methoxy groups -OCH3 is 1. The van der Waals surface area contributed by atoms with Gasteiger partial charge < -0.3 is 15.8 Å². The van der Waals surface area contributed by atoms with Crippen LogP contribution in [0.25, 0.3) is 0 Å². The summed E-state index contributed by atoms with van der Waals surface area (Å²) in [5.41, 5.74) is 9.65. The Morgan fingerprint density at radius 1 is 0.853 bits per heavy atom. The van der Waals surface area contributed by atoms with E-state index in [-0.39, 0.29) is 11.8 Å². The van der Waals surface area contributed by atoms with Crippen LogP contribution in [0, 0.1) is 5.92 Å². The molecule has 0 aromatic heterocycles. The van der Waals surface area contributed by atoms with E-state index >= 15 is 0 Å². The number of benzene rings is 3. The van der Waals surface area contributed by atoms with E-state index in [4.69, 9.17) is 10.5 Å². The van der Waals surface area contributed by atoms with Gasteiger partial charge >= 0.3 is 5.97 Å². The Bertz CT molecular complexity index is 962. The van der Waals surface area contributed by atoms with Crippen LogP contribution in [0.1, 0.15) is 30.5 Å². The monoisotopic (exact) mass is 476 g/mol. The van der Waals surface area contributed by atoms with Gasteiger partial charge in [-0.15, -0.1) is 11.8 Å². The van der Waals surface area contributed by atoms with Crippen molar-refractivity contribution in [3.8, 4) is 0 Å². The second-order valence-electron chi connectivity index (χ2n) is 8.45. The van der Waals surface area contributed by atoms with Crippen molar-refractivity contribution >= 4 is 23.6 Å². The third kappa shape index (κ3) is 5.69. The highest BCUT2D eigenvalue weighted by molar-refractivity contribution is 8.00. The number of carbonyl (C=O) groups is 2. The molecule has 0 aliphatic rings. The minimum atomic E-state index is -0.814. The molecular formula is C28H32N2O3S. The lowest BCUT2D eigenvalue weighted by atomic mass is 9.84. The number of thioether (sulfide) groups is 1. The van der Waals surface area contributed by atoms with E-state index in [9.17, 15) is 9.59 Å². The highest BCUT2D eigenvalue weighted by atomic mass is 32.2. The molecule has 0 saturated carbocycles. The summed E-state index contributed by atoms with van der Waals surface area (Å²) in [5, 5.41) is 2.77. The molecule has 0 heterocycles. The number of carbonyl (C=O) groups excluding carboxylic acids is 2. The van der Waals surface area contributed by atoms with Crippen LogP contribution in [0.5, 0.6) is 0 Å². The molecule has 178 valence electrons. The number of esters is 1. The maximum Gasteiger partial charge on any atom is 0.328 e. The van der Waals surface area contributed by atoms with Gasteiger partial charge in [0.05, 0.1) is 17.9 Å². The van der Waals surface area contributed by atoms with Crippen molar-refractivity contribution in [3.63, 3.8) is 0 Å². The van der Waals surface area contributed by atoms with Gasteiger partial charge in [0.15, 0.2) is 0 Å². The lowest BCUT2D eigenvalue weighted by molar-refractivity contribution is -0.146. The van der Waals surface area contributed by atoms with Gasteiger partial charge in [-0.2, -0.15) is 0 Å². The van der Waals surface area contributed by atoms with Crippen LogP contribution in [-0.4, -0.2) is 36.8 Å². The topological polar surface area (TPSA) is 81.4 Å². The number of rotatable bonds is 10. The molecule has 0 bridgehead atoms. The first kappa shape index (κ1) is 25.5. The average Bonchev–Trinajstić information content (AvgIpc) is 2.88. The summed E-state index contributed by atoms with van der Waals surface area (Å²) in [6.45, 7) is 3.71. The molecule has 0 aliphatic heterocycles. The lowest BCUT2D eigenvalue weighted by Gasteiger charge is -2.36. The predicted octanol–water partition coefficient (Wildman–Crippen LogP) is 4.35. The highest BCUT2D eigenvalue weighted by Gasteiger charge is 2.38. The summed E-state index contributed by atoms with van der Waals surface area (Å²) >= 11 is 1.61. The number of nitrogens with one attached hydrogen (secondary N) is 1. The zero-order valence-corrected chi connectivity index (χ0v) is 20.6. The minimum absolute atomic E-state index is 0.117. The maximum absolute atomic E-state index is 12.9. The largest absolute Gasteiger partial charge is 0.467 e. The molecule has 0 radical (unpaired) electrons. The summed E-state index contributed by atoms with van der Waals surface area (Å²) in [5.74, 6) is -0.625. The molecule has 6 heteroatoms. The van der Waals surface area contributed by atoms with Crippen LogP contribution in [0.15, 0.2) is 91.0 Å². The summed E-state index contributed by atoms with van der Waals surface area (Å²) in [4.78, 5) is 25.0. The summed E-state index contributed by atoms with van der Waals surface area (Å²) in [6.07, 6.45) is 0. The van der Waals surface area contributed by atoms with Gasteiger partial charge in [-0.25, -0.2) is 4.79 Å². The van der Waals surface area contributed by atoms with E-state index in [1.807, 2.05) is 68.4 Å². The molecule has 2 unspecified atom stereocenters. The molecule has 34 heavy (non-hydrogen) atoms. The summed E-state index contributed by atoms with van der Waals surface area (Å²) in [6, 6.07) is 29.2. The number of hydrogen-bond acceptors (Lipinski definition) is 5. The van der Waals surface area contributed by atoms with E-state index in [0.717, 1.165) is 16.7 Å². The van der Waals surface area contributed by atoms with E-state index < -0.39 is 22.8 Å². The van der Waals surface area contributed by atoms with Crippen molar-refractivity contribution in [2.75, 3.05) is 12.9 Å². The van der Waals surface area contributed by atoms with Gasteiger partial charge in [0.25, 0.3) is 0 Å². The molecule has 0 spiro atoms. The van der Waals surface area contributed by atoms with Crippen molar-refractivity contribution < 1.29 is 14.3 Å². The van der Waals surface area contributed by atoms with Crippen molar-refractivity contribution in [2.24, 2.45) is 11.7 Å². The molecule has 3 N–H and O–H groups in total. The van der Waals surface area contributed by atoms with Gasteiger partial charge in [0, 0.05) is 5.75 Å². The molecule has 0 fully saturated rings. The molecule has 0 aliphatic carbocycles. The molecular weight excluding hydrogens is 444 g/mol. The van der Waals surface area contributed by atoms with E-state index in [1.54, 1.807) is 11.8 Å². The minimum Gasteiger partial charge on any atom is -0.467 e. The Hall–Kier alpha value is -3.09. The third-order valence-electron chi connectivity index (χ3n) is 5.78. The van der Waals surface area contributed by atoms with Gasteiger partial charge in [0.2, 0.25) is 5.91 Å². The fourth-order valence-corrected chi connectivity index (χ4v) is 5.43. The van der Waals surface area contributed by atoms with Crippen LogP contribution in [0.3, 0.4) is 0 Å². The lowest BCUT2D eigenvalue weighted by Crippen LogP contribution is -2.52. The first-order valence-corrected chi connectivity index (χ1v) is 12.3. The first-order chi connectivity index (χ1) is 16.4. The Kier molecular flexibility index (Phi) is 8.91. The smallest absolute Gasteiger partial charge is 0.328 e. The van der Waals surface area contributed by atoms with Gasteiger partial charge in [0.1, 0.15) is 6.04 Å². The fourth-order valence-electron chi connectivity index (χ4n) is 3.94. The maximum atomic E-state index is 12.9. The Balaban J connectivity index is 1.95. The zero-order chi connectivity index (χ0) is 24.6. The Labute approximate surface area is 206 Å². The van der Waals surface area contributed by atoms with Gasteiger partial charge in [-0.1, -0.05) is 105 Å². The SMILES string of the molecule is COC(=O)C(NC(=O)C(N)CSC(c1ccccc1)(c1ccccc1)c1ccccc1)C(C)C. The molecule has 3 aromatic rings. The quantitative estimate of drug-likeness (QED) is 0.336. The average molecular weight is 477 g/mol. The van der Waals surface area contributed by atoms with Crippen LogP contribution >= 0.6 is 11.8 Å². The summed E-state index contributed by atoms with van der Waals surface area (Å²) in [7, 11) is 1.31. The van der Waals surface area contributed by atoms with Gasteiger partial charge in [-0.3, -0.25) is 4.79 Å². The van der Waals surface area contributed by atoms with Gasteiger partial charge in [-0.05, 0) is 22.6 Å². The predicted molar refractivity (Wildman–Crippen MR) is 138 cm³/mol. The molecule has 1 amide bonds. The third-order valence-corrected chi connectivity index (χ3v) is 7.44. The van der Waals surface area contributed by atoms with Crippen LogP contribution in [0.4, 0.5) is 0 Å². The van der Waals surface area contributed by atoms with E-state index in [1.165, 1.54) is 7.11 Å². The van der Waals surface area contributed by atoms with Crippen molar-refractivity contribution in [1.82, 2.24) is 5.32 Å². The summed E-state index contributed by atoms with van der Waals surface area (Å²) < 4.78 is 4.27. The molecule has 2 atom stereocenters. The molecule has 3 aromatic carbocycles.